The Hall–Kier alpha value is -1.26. The minimum Gasteiger partial charge on any atom is -0.493 e. The fraction of sp³-hybridized carbons (Fsp3) is 0.588. The minimum absolute atomic E-state index is 0. The second-order valence-corrected chi connectivity index (χ2v) is 5.75. The van der Waals surface area contributed by atoms with Crippen molar-refractivity contribution >= 4 is 18.3 Å². The number of amides is 1. The average molecular weight is 329 g/mol. The van der Waals surface area contributed by atoms with E-state index in [0.29, 0.717) is 25.5 Å². The standard InChI is InChI=1S/C17H28N2O2.ClH/c1-4-7-15(18)17(20)19-12-14-8-5-6-9-16(14)21-11-10-13(2)3;/h5-6,8-9,13,15H,4,7,10-12,18H2,1-3H3,(H,19,20);1H. The van der Waals surface area contributed by atoms with E-state index in [1.54, 1.807) is 0 Å². The molecule has 3 N–H and O–H groups in total. The van der Waals surface area contributed by atoms with Crippen molar-refractivity contribution in [2.45, 2.75) is 52.6 Å². The molecule has 0 saturated carbocycles. The zero-order valence-electron chi connectivity index (χ0n) is 13.8. The first-order valence-corrected chi connectivity index (χ1v) is 7.78. The maximum absolute atomic E-state index is 11.8. The van der Waals surface area contributed by atoms with Crippen LogP contribution < -0.4 is 15.8 Å². The van der Waals surface area contributed by atoms with Crippen LogP contribution in [0, 0.1) is 5.92 Å². The second-order valence-electron chi connectivity index (χ2n) is 5.75. The summed E-state index contributed by atoms with van der Waals surface area (Å²) in [5, 5.41) is 2.88. The first kappa shape index (κ1) is 20.7. The Morgan fingerprint density at radius 1 is 1.27 bits per heavy atom. The molecule has 1 unspecified atom stereocenters. The van der Waals surface area contributed by atoms with Crippen molar-refractivity contribution in [2.24, 2.45) is 11.7 Å². The van der Waals surface area contributed by atoms with E-state index in [1.165, 1.54) is 0 Å². The summed E-state index contributed by atoms with van der Waals surface area (Å²) in [6.45, 7) is 7.51. The highest BCUT2D eigenvalue weighted by atomic mass is 35.5. The number of halogens is 1. The van der Waals surface area contributed by atoms with Gasteiger partial charge >= 0.3 is 0 Å². The van der Waals surface area contributed by atoms with Gasteiger partial charge in [0.1, 0.15) is 5.75 Å². The van der Waals surface area contributed by atoms with Crippen molar-refractivity contribution < 1.29 is 9.53 Å². The van der Waals surface area contributed by atoms with Crippen molar-refractivity contribution in [3.05, 3.63) is 29.8 Å². The molecule has 22 heavy (non-hydrogen) atoms. The number of carbonyl (C=O) groups is 1. The van der Waals surface area contributed by atoms with Crippen LogP contribution in [0.25, 0.3) is 0 Å². The molecule has 0 aliphatic rings. The van der Waals surface area contributed by atoms with E-state index in [-0.39, 0.29) is 18.3 Å². The number of hydrogen-bond donors (Lipinski definition) is 2. The number of carbonyl (C=O) groups excluding carboxylic acids is 1. The zero-order valence-corrected chi connectivity index (χ0v) is 14.6. The van der Waals surface area contributed by atoms with E-state index < -0.39 is 6.04 Å². The summed E-state index contributed by atoms with van der Waals surface area (Å²) in [7, 11) is 0. The number of ether oxygens (including phenoxy) is 1. The van der Waals surface area contributed by atoms with Gasteiger partial charge < -0.3 is 15.8 Å². The average Bonchev–Trinajstić information content (AvgIpc) is 2.45. The number of para-hydroxylation sites is 1. The molecule has 0 spiro atoms. The van der Waals surface area contributed by atoms with Gasteiger partial charge in [-0.25, -0.2) is 0 Å². The highest BCUT2D eigenvalue weighted by Crippen LogP contribution is 2.18. The lowest BCUT2D eigenvalue weighted by molar-refractivity contribution is -0.122. The first-order chi connectivity index (χ1) is 10.0. The molecule has 0 saturated heterocycles. The quantitative estimate of drug-likeness (QED) is 0.731. The summed E-state index contributed by atoms with van der Waals surface area (Å²) in [6.07, 6.45) is 2.63. The van der Waals surface area contributed by atoms with E-state index in [2.05, 4.69) is 19.2 Å². The normalized spacial score (nSPS) is 11.7. The van der Waals surface area contributed by atoms with Crippen molar-refractivity contribution in [3.63, 3.8) is 0 Å². The molecule has 4 nitrogen and oxygen atoms in total. The van der Waals surface area contributed by atoms with Crippen LogP contribution in [0.5, 0.6) is 5.75 Å². The summed E-state index contributed by atoms with van der Waals surface area (Å²) >= 11 is 0. The number of rotatable bonds is 9. The Balaban J connectivity index is 0.00000441. The Bertz CT molecular complexity index is 438. The zero-order chi connectivity index (χ0) is 15.7. The SMILES string of the molecule is CCCC(N)C(=O)NCc1ccccc1OCCC(C)C.Cl. The second kappa shape index (κ2) is 11.3. The van der Waals surface area contributed by atoms with Crippen LogP contribution in [-0.2, 0) is 11.3 Å². The molecule has 1 amide bonds. The summed E-state index contributed by atoms with van der Waals surface area (Å²) in [5.41, 5.74) is 6.78. The van der Waals surface area contributed by atoms with Crippen LogP contribution in [0.4, 0.5) is 0 Å². The molecule has 126 valence electrons. The van der Waals surface area contributed by atoms with Crippen LogP contribution in [-0.4, -0.2) is 18.6 Å². The summed E-state index contributed by atoms with van der Waals surface area (Å²) in [5.74, 6) is 1.35. The molecule has 1 rings (SSSR count). The minimum atomic E-state index is -0.427. The Kier molecular flexibility index (Phi) is 10.7. The molecule has 1 aromatic rings. The predicted octanol–water partition coefficient (Wildman–Crippen LogP) is 3.28. The van der Waals surface area contributed by atoms with Gasteiger partial charge in [0.25, 0.3) is 0 Å². The summed E-state index contributed by atoms with van der Waals surface area (Å²) in [4.78, 5) is 11.8. The largest absolute Gasteiger partial charge is 0.493 e. The highest BCUT2D eigenvalue weighted by molar-refractivity contribution is 5.85. The van der Waals surface area contributed by atoms with Crippen LogP contribution >= 0.6 is 12.4 Å². The Morgan fingerprint density at radius 2 is 1.95 bits per heavy atom. The Morgan fingerprint density at radius 3 is 2.59 bits per heavy atom. The van der Waals surface area contributed by atoms with Crippen molar-refractivity contribution in [3.8, 4) is 5.75 Å². The fourth-order valence-corrected chi connectivity index (χ4v) is 1.95. The maximum Gasteiger partial charge on any atom is 0.237 e. The molecule has 1 aromatic carbocycles. The van der Waals surface area contributed by atoms with E-state index in [9.17, 15) is 4.79 Å². The molecule has 0 fully saturated rings. The molecular formula is C17H29ClN2O2. The van der Waals surface area contributed by atoms with E-state index in [4.69, 9.17) is 10.5 Å². The van der Waals surface area contributed by atoms with E-state index >= 15 is 0 Å². The maximum atomic E-state index is 11.8. The third kappa shape index (κ3) is 7.66. The van der Waals surface area contributed by atoms with Crippen LogP contribution in [0.1, 0.15) is 45.6 Å². The summed E-state index contributed by atoms with van der Waals surface area (Å²) < 4.78 is 5.81. The smallest absolute Gasteiger partial charge is 0.237 e. The first-order valence-electron chi connectivity index (χ1n) is 7.78. The number of hydrogen-bond acceptors (Lipinski definition) is 3. The lowest BCUT2D eigenvalue weighted by atomic mass is 10.1. The van der Waals surface area contributed by atoms with Gasteiger partial charge in [0.2, 0.25) is 5.91 Å². The highest BCUT2D eigenvalue weighted by Gasteiger charge is 2.12. The van der Waals surface area contributed by atoms with Crippen molar-refractivity contribution in [2.75, 3.05) is 6.61 Å². The van der Waals surface area contributed by atoms with Gasteiger partial charge in [-0.3, -0.25) is 4.79 Å². The van der Waals surface area contributed by atoms with Crippen LogP contribution in [0.3, 0.4) is 0 Å². The molecule has 0 radical (unpaired) electrons. The predicted molar refractivity (Wildman–Crippen MR) is 93.4 cm³/mol. The molecule has 0 heterocycles. The van der Waals surface area contributed by atoms with Crippen molar-refractivity contribution in [1.29, 1.82) is 0 Å². The third-order valence-corrected chi connectivity index (χ3v) is 3.31. The van der Waals surface area contributed by atoms with Gasteiger partial charge in [-0.1, -0.05) is 45.4 Å². The lowest BCUT2D eigenvalue weighted by Gasteiger charge is -2.15. The third-order valence-electron chi connectivity index (χ3n) is 3.31. The number of benzene rings is 1. The topological polar surface area (TPSA) is 64.4 Å². The number of nitrogens with two attached hydrogens (primary N) is 1. The van der Waals surface area contributed by atoms with Gasteiger partial charge in [0, 0.05) is 12.1 Å². The van der Waals surface area contributed by atoms with Gasteiger partial charge in [0.15, 0.2) is 0 Å². The van der Waals surface area contributed by atoms with Crippen LogP contribution in [0.2, 0.25) is 0 Å². The Labute approximate surface area is 140 Å². The molecular weight excluding hydrogens is 300 g/mol. The molecule has 0 aliphatic heterocycles. The van der Waals surface area contributed by atoms with E-state index in [1.807, 2.05) is 31.2 Å². The monoisotopic (exact) mass is 328 g/mol. The molecule has 0 aromatic heterocycles. The molecule has 0 bridgehead atoms. The molecule has 1 atom stereocenters. The molecule has 0 aliphatic carbocycles. The molecule has 5 heteroatoms. The van der Waals surface area contributed by atoms with Crippen molar-refractivity contribution in [1.82, 2.24) is 5.32 Å². The van der Waals surface area contributed by atoms with Gasteiger partial charge in [0.05, 0.1) is 12.6 Å². The van der Waals surface area contributed by atoms with E-state index in [0.717, 1.165) is 24.2 Å². The summed E-state index contributed by atoms with van der Waals surface area (Å²) in [6, 6.07) is 7.37. The number of nitrogens with one attached hydrogen (secondary N) is 1. The van der Waals surface area contributed by atoms with Crippen LogP contribution in [0.15, 0.2) is 24.3 Å². The van der Waals surface area contributed by atoms with Gasteiger partial charge in [-0.05, 0) is 24.8 Å². The fourth-order valence-electron chi connectivity index (χ4n) is 1.95. The van der Waals surface area contributed by atoms with Gasteiger partial charge in [-0.15, -0.1) is 12.4 Å². The lowest BCUT2D eigenvalue weighted by Crippen LogP contribution is -2.40. The van der Waals surface area contributed by atoms with Gasteiger partial charge in [-0.2, -0.15) is 0 Å².